The largest absolute Gasteiger partial charge is 0.325 e. The maximum Gasteiger partial charge on any atom is 0.237 e. The molecule has 1 unspecified atom stereocenters. The third-order valence-electron chi connectivity index (χ3n) is 3.17. The van der Waals surface area contributed by atoms with Crippen LogP contribution >= 0.6 is 11.8 Å². The lowest BCUT2D eigenvalue weighted by atomic mass is 10.1. The molecule has 1 aromatic heterocycles. The molecule has 1 atom stereocenters. The van der Waals surface area contributed by atoms with E-state index in [2.05, 4.69) is 16.4 Å². The summed E-state index contributed by atoms with van der Waals surface area (Å²) in [5, 5.41) is 12.0. The van der Waals surface area contributed by atoms with E-state index >= 15 is 0 Å². The quantitative estimate of drug-likeness (QED) is 0.866. The van der Waals surface area contributed by atoms with E-state index in [-0.39, 0.29) is 5.91 Å². The third kappa shape index (κ3) is 4.30. The lowest BCUT2D eigenvalue weighted by molar-refractivity contribution is -0.115. The Morgan fingerprint density at radius 2 is 2.13 bits per heavy atom. The highest BCUT2D eigenvalue weighted by molar-refractivity contribution is 8.00. The minimum absolute atomic E-state index is 0.273. The molecule has 23 heavy (non-hydrogen) atoms. The molecule has 0 saturated carbocycles. The fourth-order valence-electron chi connectivity index (χ4n) is 2.05. The number of nitrogens with zero attached hydrogens (tertiary/aromatic N) is 2. The highest BCUT2D eigenvalue weighted by Gasteiger charge is 2.19. The van der Waals surface area contributed by atoms with Crippen molar-refractivity contribution in [3.8, 4) is 6.07 Å². The number of rotatable bonds is 4. The van der Waals surface area contributed by atoms with Gasteiger partial charge in [0.15, 0.2) is 0 Å². The van der Waals surface area contributed by atoms with Gasteiger partial charge in [-0.1, -0.05) is 17.8 Å². The standard InChI is InChI=1S/C17H16FN3OS/c1-10-7-11(2)20-17(15(10)9-19)23-12(3)16(22)21-14-6-4-5-13(18)8-14/h4-8,12H,1-3H3,(H,21,22). The lowest BCUT2D eigenvalue weighted by Crippen LogP contribution is -2.22. The Labute approximate surface area is 138 Å². The summed E-state index contributed by atoms with van der Waals surface area (Å²) in [7, 11) is 0. The Morgan fingerprint density at radius 3 is 2.78 bits per heavy atom. The van der Waals surface area contributed by atoms with E-state index in [1.807, 2.05) is 19.9 Å². The van der Waals surface area contributed by atoms with E-state index in [4.69, 9.17) is 0 Å². The molecular formula is C17H16FN3OS. The zero-order valence-electron chi connectivity index (χ0n) is 13.1. The fourth-order valence-corrected chi connectivity index (χ4v) is 3.08. The number of nitrogens with one attached hydrogen (secondary N) is 1. The Hall–Kier alpha value is -2.39. The number of carbonyl (C=O) groups is 1. The second-order valence-electron chi connectivity index (χ2n) is 5.13. The van der Waals surface area contributed by atoms with Crippen LogP contribution in [0.1, 0.15) is 23.7 Å². The molecule has 0 saturated heterocycles. The molecule has 1 aromatic carbocycles. The first-order chi connectivity index (χ1) is 10.9. The van der Waals surface area contributed by atoms with Gasteiger partial charge in [0.1, 0.15) is 16.9 Å². The van der Waals surface area contributed by atoms with Crippen molar-refractivity contribution in [2.45, 2.75) is 31.0 Å². The topological polar surface area (TPSA) is 65.8 Å². The summed E-state index contributed by atoms with van der Waals surface area (Å²) in [6, 6.07) is 9.68. The zero-order valence-corrected chi connectivity index (χ0v) is 13.9. The van der Waals surface area contributed by atoms with Crippen LogP contribution in [0.15, 0.2) is 35.4 Å². The van der Waals surface area contributed by atoms with Gasteiger partial charge < -0.3 is 5.32 Å². The van der Waals surface area contributed by atoms with E-state index < -0.39 is 11.1 Å². The molecule has 1 amide bonds. The SMILES string of the molecule is Cc1cc(C)c(C#N)c(SC(C)C(=O)Nc2cccc(F)c2)n1. The molecule has 4 nitrogen and oxygen atoms in total. The van der Waals surface area contributed by atoms with Crippen LogP contribution in [0, 0.1) is 31.0 Å². The Morgan fingerprint density at radius 1 is 1.39 bits per heavy atom. The van der Waals surface area contributed by atoms with Crippen LogP contribution in [0.25, 0.3) is 0 Å². The van der Waals surface area contributed by atoms with E-state index in [0.717, 1.165) is 11.3 Å². The van der Waals surface area contributed by atoms with Crippen LogP contribution in [0.4, 0.5) is 10.1 Å². The lowest BCUT2D eigenvalue weighted by Gasteiger charge is -2.13. The van der Waals surface area contributed by atoms with Crippen LogP contribution in [0.2, 0.25) is 0 Å². The van der Waals surface area contributed by atoms with Gasteiger partial charge in [0.25, 0.3) is 0 Å². The van der Waals surface area contributed by atoms with Crippen LogP contribution in [0.3, 0.4) is 0 Å². The summed E-state index contributed by atoms with van der Waals surface area (Å²) in [5.41, 5.74) is 2.50. The summed E-state index contributed by atoms with van der Waals surface area (Å²) in [6.45, 7) is 5.41. The molecule has 0 fully saturated rings. The molecule has 2 rings (SSSR count). The van der Waals surface area contributed by atoms with Crippen molar-refractivity contribution in [2.24, 2.45) is 0 Å². The van der Waals surface area contributed by atoms with Crippen molar-refractivity contribution in [1.29, 1.82) is 5.26 Å². The number of halogens is 1. The number of pyridine rings is 1. The summed E-state index contributed by atoms with van der Waals surface area (Å²) < 4.78 is 13.2. The molecule has 1 heterocycles. The Bertz CT molecular complexity index is 786. The fraction of sp³-hybridized carbons (Fsp3) is 0.235. The molecule has 0 spiro atoms. The highest BCUT2D eigenvalue weighted by atomic mass is 32.2. The van der Waals surface area contributed by atoms with Crippen molar-refractivity contribution in [2.75, 3.05) is 5.32 Å². The molecule has 0 aliphatic heterocycles. The second kappa shape index (κ2) is 7.25. The minimum atomic E-state index is -0.473. The molecule has 6 heteroatoms. The number of nitriles is 1. The average molecular weight is 329 g/mol. The van der Waals surface area contributed by atoms with Crippen molar-refractivity contribution < 1.29 is 9.18 Å². The van der Waals surface area contributed by atoms with E-state index in [1.165, 1.54) is 30.0 Å². The van der Waals surface area contributed by atoms with Crippen molar-refractivity contribution in [3.05, 3.63) is 53.0 Å². The van der Waals surface area contributed by atoms with Gasteiger partial charge in [0, 0.05) is 11.4 Å². The second-order valence-corrected chi connectivity index (χ2v) is 6.46. The maximum absolute atomic E-state index is 13.2. The number of benzene rings is 1. The van der Waals surface area contributed by atoms with Gasteiger partial charge in [-0.3, -0.25) is 4.79 Å². The summed E-state index contributed by atoms with van der Waals surface area (Å²) in [5.74, 6) is -0.684. The van der Waals surface area contributed by atoms with Crippen molar-refractivity contribution >= 4 is 23.4 Å². The average Bonchev–Trinajstić information content (AvgIpc) is 2.46. The number of carbonyl (C=O) groups excluding carboxylic acids is 1. The van der Waals surface area contributed by atoms with Gasteiger partial charge in [-0.05, 0) is 50.6 Å². The first-order valence-corrected chi connectivity index (χ1v) is 7.90. The Balaban J connectivity index is 2.14. The van der Waals surface area contributed by atoms with Gasteiger partial charge >= 0.3 is 0 Å². The monoisotopic (exact) mass is 329 g/mol. The van der Waals surface area contributed by atoms with Crippen molar-refractivity contribution in [1.82, 2.24) is 4.98 Å². The number of anilines is 1. The minimum Gasteiger partial charge on any atom is -0.325 e. The summed E-state index contributed by atoms with van der Waals surface area (Å²) >= 11 is 1.22. The van der Waals surface area contributed by atoms with E-state index in [1.54, 1.807) is 13.0 Å². The predicted molar refractivity (Wildman–Crippen MR) is 88.8 cm³/mol. The molecule has 0 bridgehead atoms. The molecule has 0 aliphatic carbocycles. The van der Waals surface area contributed by atoms with E-state index in [0.29, 0.717) is 16.3 Å². The number of hydrogen-bond acceptors (Lipinski definition) is 4. The van der Waals surface area contributed by atoms with Crippen LogP contribution in [0.5, 0.6) is 0 Å². The van der Waals surface area contributed by atoms with Crippen LogP contribution in [-0.2, 0) is 4.79 Å². The third-order valence-corrected chi connectivity index (χ3v) is 4.26. The van der Waals surface area contributed by atoms with E-state index in [9.17, 15) is 14.4 Å². The number of aromatic nitrogens is 1. The van der Waals surface area contributed by atoms with Crippen LogP contribution in [-0.4, -0.2) is 16.1 Å². The molecular weight excluding hydrogens is 313 g/mol. The molecule has 118 valence electrons. The maximum atomic E-state index is 13.2. The number of hydrogen-bond donors (Lipinski definition) is 1. The number of aryl methyl sites for hydroxylation is 2. The first kappa shape index (κ1) is 17.0. The number of amides is 1. The van der Waals surface area contributed by atoms with Gasteiger partial charge in [-0.2, -0.15) is 5.26 Å². The molecule has 0 aliphatic rings. The van der Waals surface area contributed by atoms with Gasteiger partial charge in [0.2, 0.25) is 5.91 Å². The normalized spacial score (nSPS) is 11.6. The number of thioether (sulfide) groups is 1. The smallest absolute Gasteiger partial charge is 0.237 e. The summed E-state index contributed by atoms with van der Waals surface area (Å²) in [4.78, 5) is 16.6. The summed E-state index contributed by atoms with van der Waals surface area (Å²) in [6.07, 6.45) is 0. The van der Waals surface area contributed by atoms with Crippen molar-refractivity contribution in [3.63, 3.8) is 0 Å². The molecule has 1 N–H and O–H groups in total. The highest BCUT2D eigenvalue weighted by Crippen LogP contribution is 2.28. The van der Waals surface area contributed by atoms with Gasteiger partial charge in [-0.15, -0.1) is 0 Å². The predicted octanol–water partition coefficient (Wildman–Crippen LogP) is 3.83. The van der Waals surface area contributed by atoms with Crippen LogP contribution < -0.4 is 5.32 Å². The van der Waals surface area contributed by atoms with Gasteiger partial charge in [-0.25, -0.2) is 9.37 Å². The molecule has 0 radical (unpaired) electrons. The van der Waals surface area contributed by atoms with Gasteiger partial charge in [0.05, 0.1) is 10.8 Å². The molecule has 2 aromatic rings. The first-order valence-electron chi connectivity index (χ1n) is 7.02. The Kier molecular flexibility index (Phi) is 5.35. The zero-order chi connectivity index (χ0) is 17.0.